The molecule has 0 aromatic rings. The number of rotatable bonds is 55. The highest BCUT2D eigenvalue weighted by Crippen LogP contribution is 2.23. The maximum Gasteiger partial charge on any atom is 0.220 e. The molecule has 0 aromatic carbocycles. The predicted octanol–water partition coefficient (Wildman–Crippen LogP) is 17.5. The lowest BCUT2D eigenvalue weighted by Gasteiger charge is -2.40. The first-order valence-electron chi connectivity index (χ1n) is 32.8. The highest BCUT2D eigenvalue weighted by molar-refractivity contribution is 5.76. The highest BCUT2D eigenvalue weighted by Gasteiger charge is 2.44. The second-order valence-corrected chi connectivity index (χ2v) is 22.2. The van der Waals surface area contributed by atoms with Crippen LogP contribution in [-0.2, 0) is 14.3 Å². The standard InChI is InChI=1S/C71H121NO8/c1-3-5-7-9-11-13-15-17-19-21-23-25-27-29-31-32-33-34-35-37-39-41-43-45-47-49-51-53-55-57-59-61-67(75)72-64(63-79-71-70(78)69(77)68(76)66(62-73)80-71)65(74)60-58-56-54-52-50-48-46-44-42-40-38-36-30-28-26-24-22-20-18-16-14-12-10-8-6-4-2/h5,7,11,13,17,19,23,25,29,31,33-34,37,39,42,44,50,52,58,60,64-66,68-71,73-74,76-78H,3-4,6,8-10,12,14-16,18,20-22,24,26-28,30,32,35-36,38,40-41,43,45-49,51,53-57,59,61-63H2,1-2H3,(H,72,75)/b7-5-,13-11-,19-17-,25-23-,31-29-,34-33-,39-37-,44-42+,52-50+,60-58+. The minimum absolute atomic E-state index is 0.201. The second kappa shape index (κ2) is 58.8. The largest absolute Gasteiger partial charge is 0.394 e. The van der Waals surface area contributed by atoms with Gasteiger partial charge in [-0.3, -0.25) is 4.79 Å². The van der Waals surface area contributed by atoms with Crippen molar-refractivity contribution < 1.29 is 39.8 Å². The average molecular weight is 1120 g/mol. The lowest BCUT2D eigenvalue weighted by Crippen LogP contribution is -2.60. The normalized spacial score (nSPS) is 19.3. The van der Waals surface area contributed by atoms with E-state index in [1.54, 1.807) is 6.08 Å². The van der Waals surface area contributed by atoms with Crippen LogP contribution in [0.3, 0.4) is 0 Å². The maximum atomic E-state index is 13.1. The van der Waals surface area contributed by atoms with Crippen molar-refractivity contribution in [2.75, 3.05) is 13.2 Å². The van der Waals surface area contributed by atoms with E-state index in [-0.39, 0.29) is 12.5 Å². The van der Waals surface area contributed by atoms with Crippen LogP contribution in [0.4, 0.5) is 0 Å². The van der Waals surface area contributed by atoms with E-state index in [9.17, 15) is 30.3 Å². The van der Waals surface area contributed by atoms with E-state index in [2.05, 4.69) is 129 Å². The number of aliphatic hydroxyl groups excluding tert-OH is 5. The van der Waals surface area contributed by atoms with Crippen LogP contribution in [0.25, 0.3) is 0 Å². The van der Waals surface area contributed by atoms with Crippen LogP contribution in [0.5, 0.6) is 0 Å². The van der Waals surface area contributed by atoms with E-state index in [4.69, 9.17) is 9.47 Å². The van der Waals surface area contributed by atoms with Gasteiger partial charge >= 0.3 is 0 Å². The summed E-state index contributed by atoms with van der Waals surface area (Å²) in [6.45, 7) is 3.65. The quantitative estimate of drug-likeness (QED) is 0.0261. The van der Waals surface area contributed by atoms with Gasteiger partial charge in [0, 0.05) is 6.42 Å². The first-order chi connectivity index (χ1) is 39.3. The number of aliphatic hydroxyl groups is 5. The minimum Gasteiger partial charge on any atom is -0.394 e. The SMILES string of the molecule is CC/C=C\C/C=C\C/C=C\C/C=C\C/C=C\C/C=C\C/C=C\CCCCCCCCCCCC(=O)NC(COC1OC(CO)C(O)C(O)C1O)C(O)/C=C/CC/C=C/CC/C=C/CCCCCCCCCCCCCCCCCC. The molecule has 1 saturated heterocycles. The number of nitrogens with one attached hydrogen (secondary N) is 1. The van der Waals surface area contributed by atoms with Gasteiger partial charge in [-0.25, -0.2) is 0 Å². The van der Waals surface area contributed by atoms with Crippen molar-refractivity contribution in [2.24, 2.45) is 0 Å². The van der Waals surface area contributed by atoms with Gasteiger partial charge in [0.15, 0.2) is 6.29 Å². The van der Waals surface area contributed by atoms with Crippen LogP contribution in [0, 0.1) is 0 Å². The molecule has 6 N–H and O–H groups in total. The summed E-state index contributed by atoms with van der Waals surface area (Å²) in [6, 6.07) is -0.842. The fraction of sp³-hybridized carbons (Fsp3) is 0.704. The third-order valence-electron chi connectivity index (χ3n) is 14.7. The summed E-state index contributed by atoms with van der Waals surface area (Å²) in [4.78, 5) is 13.1. The van der Waals surface area contributed by atoms with Crippen molar-refractivity contribution in [3.63, 3.8) is 0 Å². The number of unbranched alkanes of at least 4 members (excludes halogenated alkanes) is 27. The molecule has 7 unspecified atom stereocenters. The highest BCUT2D eigenvalue weighted by atomic mass is 16.7. The number of amides is 1. The van der Waals surface area contributed by atoms with Crippen LogP contribution in [-0.4, -0.2) is 87.5 Å². The number of hydrogen-bond acceptors (Lipinski definition) is 8. The molecular weight excluding hydrogens is 995 g/mol. The molecule has 1 heterocycles. The van der Waals surface area contributed by atoms with Gasteiger partial charge in [-0.15, -0.1) is 0 Å². The molecule has 458 valence electrons. The molecule has 9 nitrogen and oxygen atoms in total. The number of ether oxygens (including phenoxy) is 2. The molecule has 0 aliphatic carbocycles. The molecule has 7 atom stereocenters. The topological polar surface area (TPSA) is 149 Å². The van der Waals surface area contributed by atoms with E-state index in [1.165, 1.54) is 135 Å². The Bertz CT molecular complexity index is 1670. The van der Waals surface area contributed by atoms with E-state index in [0.29, 0.717) is 6.42 Å². The third-order valence-corrected chi connectivity index (χ3v) is 14.7. The van der Waals surface area contributed by atoms with Gasteiger partial charge in [0.05, 0.1) is 25.4 Å². The van der Waals surface area contributed by atoms with Gasteiger partial charge < -0.3 is 40.3 Å². The summed E-state index contributed by atoms with van der Waals surface area (Å²) in [6.07, 6.45) is 81.4. The molecule has 1 amide bonds. The molecular formula is C71H121NO8. The molecule has 1 fully saturated rings. The lowest BCUT2D eigenvalue weighted by atomic mass is 9.99. The maximum absolute atomic E-state index is 13.1. The van der Waals surface area contributed by atoms with E-state index in [0.717, 1.165) is 109 Å². The molecule has 80 heavy (non-hydrogen) atoms. The molecule has 0 spiro atoms. The Morgan fingerprint density at radius 1 is 0.438 bits per heavy atom. The van der Waals surface area contributed by atoms with Gasteiger partial charge in [-0.05, 0) is 103 Å². The second-order valence-electron chi connectivity index (χ2n) is 22.2. The monoisotopic (exact) mass is 1120 g/mol. The van der Waals surface area contributed by atoms with Crippen LogP contribution in [0.1, 0.15) is 264 Å². The van der Waals surface area contributed by atoms with Crippen LogP contribution < -0.4 is 5.32 Å². The predicted molar refractivity (Wildman–Crippen MR) is 340 cm³/mol. The van der Waals surface area contributed by atoms with Crippen molar-refractivity contribution in [1.29, 1.82) is 0 Å². The Morgan fingerprint density at radius 3 is 1.20 bits per heavy atom. The summed E-state index contributed by atoms with van der Waals surface area (Å²) in [5.41, 5.74) is 0. The van der Waals surface area contributed by atoms with E-state index >= 15 is 0 Å². The van der Waals surface area contributed by atoms with Crippen LogP contribution in [0.2, 0.25) is 0 Å². The molecule has 1 aliphatic rings. The lowest BCUT2D eigenvalue weighted by molar-refractivity contribution is -0.302. The van der Waals surface area contributed by atoms with Crippen LogP contribution >= 0.6 is 0 Å². The Labute approximate surface area is 490 Å². The Balaban J connectivity index is 2.23. The zero-order valence-electron chi connectivity index (χ0n) is 51.0. The van der Waals surface area contributed by atoms with Gasteiger partial charge in [0.1, 0.15) is 24.4 Å². The fourth-order valence-electron chi connectivity index (χ4n) is 9.64. The van der Waals surface area contributed by atoms with Gasteiger partial charge in [0.2, 0.25) is 5.91 Å². The zero-order valence-corrected chi connectivity index (χ0v) is 51.0. The third kappa shape index (κ3) is 47.1. The van der Waals surface area contributed by atoms with E-state index in [1.807, 2.05) is 6.08 Å². The van der Waals surface area contributed by atoms with Crippen molar-refractivity contribution in [3.8, 4) is 0 Å². The Hall–Kier alpha value is -3.41. The Kier molecular flexibility index (Phi) is 54.8. The molecule has 1 aliphatic heterocycles. The number of allylic oxidation sites excluding steroid dienone is 19. The van der Waals surface area contributed by atoms with Crippen molar-refractivity contribution in [3.05, 3.63) is 122 Å². The molecule has 0 saturated carbocycles. The van der Waals surface area contributed by atoms with Crippen LogP contribution in [0.15, 0.2) is 122 Å². The summed E-state index contributed by atoms with van der Waals surface area (Å²) < 4.78 is 11.3. The number of carbonyl (C=O) groups is 1. The minimum atomic E-state index is -1.58. The molecule has 1 rings (SSSR count). The van der Waals surface area contributed by atoms with Gasteiger partial charge in [-0.2, -0.15) is 0 Å². The summed E-state index contributed by atoms with van der Waals surface area (Å²) in [5, 5.41) is 54.7. The van der Waals surface area contributed by atoms with Gasteiger partial charge in [0.25, 0.3) is 0 Å². The first-order valence-corrected chi connectivity index (χ1v) is 32.8. The number of hydrogen-bond donors (Lipinski definition) is 6. The average Bonchev–Trinajstić information content (AvgIpc) is 3.46. The Morgan fingerprint density at radius 2 is 0.787 bits per heavy atom. The number of carbonyl (C=O) groups excluding carboxylic acids is 1. The molecule has 0 radical (unpaired) electrons. The first kappa shape index (κ1) is 74.6. The van der Waals surface area contributed by atoms with Crippen molar-refractivity contribution >= 4 is 5.91 Å². The molecule has 0 bridgehead atoms. The van der Waals surface area contributed by atoms with Crippen molar-refractivity contribution in [1.82, 2.24) is 5.32 Å². The smallest absolute Gasteiger partial charge is 0.220 e. The van der Waals surface area contributed by atoms with Gasteiger partial charge in [-0.1, -0.05) is 277 Å². The molecule has 0 aromatic heterocycles. The van der Waals surface area contributed by atoms with Crippen molar-refractivity contribution in [2.45, 2.75) is 307 Å². The summed E-state index contributed by atoms with van der Waals surface area (Å²) in [5.74, 6) is -0.201. The zero-order chi connectivity index (χ0) is 57.9. The van der Waals surface area contributed by atoms with E-state index < -0.39 is 49.5 Å². The summed E-state index contributed by atoms with van der Waals surface area (Å²) in [7, 11) is 0. The summed E-state index contributed by atoms with van der Waals surface area (Å²) >= 11 is 0. The molecule has 9 heteroatoms. The fourth-order valence-corrected chi connectivity index (χ4v) is 9.64.